The first-order valence-electron chi connectivity index (χ1n) is 3.99. The Kier molecular flexibility index (Phi) is 5.96. The molecule has 0 aromatic rings. The Morgan fingerprint density at radius 3 is 2.53 bits per heavy atom. The van der Waals surface area contributed by atoms with Crippen LogP contribution in [0.2, 0.25) is 0 Å². The first-order chi connectivity index (χ1) is 6.72. The summed E-state index contributed by atoms with van der Waals surface area (Å²) in [6, 6.07) is 0. The molecule has 15 heavy (non-hydrogen) atoms. The summed E-state index contributed by atoms with van der Waals surface area (Å²) in [5.41, 5.74) is 0. The summed E-state index contributed by atoms with van der Waals surface area (Å²) in [7, 11) is -3.75. The molecular weight excluding hydrogens is 229 g/mol. The first-order valence-corrected chi connectivity index (χ1v) is 6.01. The van der Waals surface area contributed by atoms with Crippen molar-refractivity contribution in [1.82, 2.24) is 5.06 Å². The van der Waals surface area contributed by atoms with E-state index in [1.807, 2.05) is 0 Å². The van der Waals surface area contributed by atoms with Gasteiger partial charge in [-0.3, -0.25) is 14.6 Å². The number of carbonyl (C=O) groups is 1. The molecule has 9 heteroatoms. The molecule has 0 saturated heterocycles. The second-order valence-corrected chi connectivity index (χ2v) is 4.67. The number of amides is 1. The Morgan fingerprint density at radius 2 is 2.13 bits per heavy atom. The lowest BCUT2D eigenvalue weighted by atomic mass is 10.4. The Hall–Kier alpha value is -0.500. The molecule has 1 amide bonds. The van der Waals surface area contributed by atoms with Crippen LogP contribution in [0.4, 0.5) is 0 Å². The number of hydroxylamine groups is 2. The molecule has 2 atom stereocenters. The first kappa shape index (κ1) is 14.5. The normalized spacial score (nSPS) is 16.9. The molecule has 0 aliphatic rings. The molecule has 0 heterocycles. The van der Waals surface area contributed by atoms with Crippen LogP contribution in [0.1, 0.15) is 6.92 Å². The zero-order chi connectivity index (χ0) is 12.1. The molecule has 0 fully saturated rings. The van der Waals surface area contributed by atoms with Gasteiger partial charge in [-0.25, -0.2) is 9.95 Å². The van der Waals surface area contributed by atoms with Crippen LogP contribution in [0.3, 0.4) is 0 Å². The molecular formula is C6H14NO7P. The third-order valence-corrected chi connectivity index (χ3v) is 1.58. The molecule has 0 bridgehead atoms. The van der Waals surface area contributed by atoms with Crippen molar-refractivity contribution in [1.29, 1.82) is 0 Å². The van der Waals surface area contributed by atoms with Crippen molar-refractivity contribution in [3.63, 3.8) is 0 Å². The third-order valence-electron chi connectivity index (χ3n) is 1.20. The summed E-state index contributed by atoms with van der Waals surface area (Å²) in [6.45, 7) is 1.20. The lowest BCUT2D eigenvalue weighted by molar-refractivity contribution is -0.234. The topological polar surface area (TPSA) is 117 Å². The molecule has 0 aliphatic carbocycles. The number of nitrogens with zero attached hydrogens (tertiary/aromatic N) is 1. The van der Waals surface area contributed by atoms with Gasteiger partial charge in [0.15, 0.2) is 0 Å². The highest BCUT2D eigenvalue weighted by Gasteiger charge is 2.16. The number of hydrogen-bond donors (Lipinski definition) is 3. The van der Waals surface area contributed by atoms with Gasteiger partial charge in [-0.1, -0.05) is 0 Å². The number of carbonyl (C=O) groups excluding carboxylic acids is 1. The molecule has 0 aliphatic heterocycles. The van der Waals surface area contributed by atoms with E-state index in [0.717, 1.165) is 13.6 Å². The highest BCUT2D eigenvalue weighted by molar-refractivity contribution is 7.51. The van der Waals surface area contributed by atoms with Crippen molar-refractivity contribution in [2.75, 3.05) is 19.8 Å². The van der Waals surface area contributed by atoms with Gasteiger partial charge in [-0.15, -0.1) is 4.67 Å². The second kappa shape index (κ2) is 6.16. The van der Waals surface area contributed by atoms with Gasteiger partial charge in [0.1, 0.15) is 12.7 Å². The summed E-state index contributed by atoms with van der Waals surface area (Å²) in [6.07, 6.45) is -1.22. The molecule has 0 aromatic carbocycles. The van der Waals surface area contributed by atoms with Crippen LogP contribution in [-0.4, -0.2) is 52.1 Å². The smallest absolute Gasteiger partial charge is 0.352 e. The fourth-order valence-corrected chi connectivity index (χ4v) is 0.844. The minimum absolute atomic E-state index is 0.290. The van der Waals surface area contributed by atoms with E-state index >= 15 is 0 Å². The van der Waals surface area contributed by atoms with Crippen molar-refractivity contribution in [2.24, 2.45) is 0 Å². The average molecular weight is 243 g/mol. The van der Waals surface area contributed by atoms with Gasteiger partial charge in [0, 0.05) is 13.6 Å². The zero-order valence-electron chi connectivity index (χ0n) is 8.36. The molecule has 0 spiro atoms. The van der Waals surface area contributed by atoms with Gasteiger partial charge in [-0.05, 0) is 0 Å². The number of aliphatic hydroxyl groups is 1. The van der Waals surface area contributed by atoms with Crippen molar-refractivity contribution in [3.05, 3.63) is 0 Å². The fourth-order valence-electron chi connectivity index (χ4n) is 0.588. The van der Waals surface area contributed by atoms with E-state index in [1.165, 1.54) is 0 Å². The van der Waals surface area contributed by atoms with Gasteiger partial charge in [0.2, 0.25) is 5.91 Å². The molecule has 0 aromatic heterocycles. The van der Waals surface area contributed by atoms with Gasteiger partial charge < -0.3 is 10.00 Å². The van der Waals surface area contributed by atoms with Gasteiger partial charge in [0.25, 0.3) is 0 Å². The van der Waals surface area contributed by atoms with Gasteiger partial charge in [-0.2, -0.15) is 0 Å². The van der Waals surface area contributed by atoms with E-state index in [1.54, 1.807) is 0 Å². The van der Waals surface area contributed by atoms with Crippen LogP contribution in [0.25, 0.3) is 0 Å². The lowest BCUT2D eigenvalue weighted by Gasteiger charge is -2.16. The minimum atomic E-state index is -3.75. The van der Waals surface area contributed by atoms with Crippen LogP contribution < -0.4 is 0 Å². The van der Waals surface area contributed by atoms with Crippen molar-refractivity contribution < 1.29 is 34.1 Å². The van der Waals surface area contributed by atoms with Crippen LogP contribution in [0.15, 0.2) is 0 Å². The molecule has 90 valence electrons. The van der Waals surface area contributed by atoms with Crippen molar-refractivity contribution in [3.8, 4) is 0 Å². The van der Waals surface area contributed by atoms with Crippen LogP contribution in [0.5, 0.6) is 0 Å². The Balaban J connectivity index is 3.71. The van der Waals surface area contributed by atoms with Crippen LogP contribution >= 0.6 is 7.60 Å². The molecule has 8 nitrogen and oxygen atoms in total. The third kappa shape index (κ3) is 8.49. The summed E-state index contributed by atoms with van der Waals surface area (Å²) in [5, 5.41) is 18.3. The van der Waals surface area contributed by atoms with E-state index in [0.29, 0.717) is 5.06 Å². The highest BCUT2D eigenvalue weighted by Crippen LogP contribution is 2.36. The van der Waals surface area contributed by atoms with Crippen molar-refractivity contribution >= 4 is 13.5 Å². The number of aliphatic hydroxyl groups excluding tert-OH is 1. The van der Waals surface area contributed by atoms with E-state index in [-0.39, 0.29) is 6.54 Å². The van der Waals surface area contributed by atoms with Crippen molar-refractivity contribution in [2.45, 2.75) is 13.0 Å². The Morgan fingerprint density at radius 1 is 1.60 bits per heavy atom. The van der Waals surface area contributed by atoms with Crippen LogP contribution in [0, 0.1) is 0 Å². The fraction of sp³-hybridized carbons (Fsp3) is 0.833. The summed E-state index contributed by atoms with van der Waals surface area (Å²) in [4.78, 5) is 23.4. The number of rotatable bonds is 6. The standard InChI is InChI=1S/C6H14NO7P/c1-5(8)7(10)3-6(9)4-13-14-15(2,11)12/h6,9-10H,3-4H2,1-2H3,(H,11,12). The predicted molar refractivity (Wildman–Crippen MR) is 48.0 cm³/mol. The van der Waals surface area contributed by atoms with Gasteiger partial charge >= 0.3 is 7.60 Å². The van der Waals surface area contributed by atoms with E-state index in [9.17, 15) is 9.36 Å². The summed E-state index contributed by atoms with van der Waals surface area (Å²) >= 11 is 0. The number of hydrogen-bond acceptors (Lipinski definition) is 6. The molecule has 0 radical (unpaired) electrons. The summed E-state index contributed by atoms with van der Waals surface area (Å²) in [5.74, 6) is -0.640. The van der Waals surface area contributed by atoms with E-state index < -0.39 is 26.2 Å². The molecule has 0 rings (SSSR count). The van der Waals surface area contributed by atoms with E-state index in [4.69, 9.17) is 15.2 Å². The SMILES string of the molecule is CC(=O)N(O)CC(O)COOP(C)(=O)O. The maximum Gasteiger partial charge on any atom is 0.352 e. The molecule has 2 unspecified atom stereocenters. The largest absolute Gasteiger partial charge is 0.389 e. The highest BCUT2D eigenvalue weighted by atomic mass is 31.2. The molecule has 0 saturated carbocycles. The minimum Gasteiger partial charge on any atom is -0.389 e. The Labute approximate surface area is 86.4 Å². The van der Waals surface area contributed by atoms with Crippen LogP contribution in [-0.2, 0) is 18.9 Å². The quantitative estimate of drug-likeness (QED) is 0.245. The maximum absolute atomic E-state index is 10.5. The van der Waals surface area contributed by atoms with E-state index in [2.05, 4.69) is 9.56 Å². The monoisotopic (exact) mass is 243 g/mol. The predicted octanol–water partition coefficient (Wildman–Crippen LogP) is -0.652. The van der Waals surface area contributed by atoms with Gasteiger partial charge in [0.05, 0.1) is 6.54 Å². The molecule has 3 N–H and O–H groups in total. The summed E-state index contributed by atoms with van der Waals surface area (Å²) < 4.78 is 14.5. The Bertz CT molecular complexity index is 252. The second-order valence-electron chi connectivity index (χ2n) is 2.92. The lowest BCUT2D eigenvalue weighted by Crippen LogP contribution is -2.35. The zero-order valence-corrected chi connectivity index (χ0v) is 9.26. The maximum atomic E-state index is 10.5. The average Bonchev–Trinajstić information content (AvgIpc) is 2.01.